The second kappa shape index (κ2) is 3.67. The molecule has 1 N–H and O–H groups in total. The molecule has 1 fully saturated rings. The van der Waals surface area contributed by atoms with Gasteiger partial charge >= 0.3 is 0 Å². The number of nitrogens with one attached hydrogen (secondary N) is 1. The van der Waals surface area contributed by atoms with Crippen molar-refractivity contribution < 1.29 is 4.79 Å². The second-order valence-corrected chi connectivity index (χ2v) is 3.88. The zero-order valence-corrected chi connectivity index (χ0v) is 8.77. The summed E-state index contributed by atoms with van der Waals surface area (Å²) in [7, 11) is 0. The molecule has 0 spiro atoms. The summed E-state index contributed by atoms with van der Waals surface area (Å²) in [6.07, 6.45) is 0.499. The van der Waals surface area contributed by atoms with Crippen LogP contribution in [-0.4, -0.2) is 12.5 Å². The topological polar surface area (TPSA) is 32.3 Å². The van der Waals surface area contributed by atoms with Gasteiger partial charge in [-0.2, -0.15) is 0 Å². The highest BCUT2D eigenvalue weighted by Crippen LogP contribution is 2.28. The Morgan fingerprint density at radius 2 is 2.14 bits per heavy atom. The number of anilines is 1. The predicted molar refractivity (Wildman–Crippen MR) is 56.6 cm³/mol. The van der Waals surface area contributed by atoms with Gasteiger partial charge in [-0.15, -0.1) is 0 Å². The lowest BCUT2D eigenvalue weighted by molar-refractivity contribution is -0.119. The zero-order valence-electron chi connectivity index (χ0n) is 7.26. The maximum atomic E-state index is 11.0. The molecule has 0 radical (unpaired) electrons. The number of carbonyl (C=O) groups excluding carboxylic acids is 1. The van der Waals surface area contributed by atoms with E-state index >= 15 is 0 Å². The number of halogens is 2. The summed E-state index contributed by atoms with van der Waals surface area (Å²) in [5.41, 5.74) is 3.48. The predicted octanol–water partition coefficient (Wildman–Crippen LogP) is 2.23. The lowest BCUT2D eigenvalue weighted by atomic mass is 10.3. The van der Waals surface area contributed by atoms with Gasteiger partial charge in [0.1, 0.15) is 0 Å². The third-order valence-corrected chi connectivity index (χ3v) is 2.56. The van der Waals surface area contributed by atoms with Crippen LogP contribution < -0.4 is 10.4 Å². The van der Waals surface area contributed by atoms with E-state index in [0.717, 1.165) is 5.69 Å². The van der Waals surface area contributed by atoms with E-state index in [-0.39, 0.29) is 5.91 Å². The molecule has 1 amide bonds. The smallest absolute Gasteiger partial charge is 0.240 e. The average Bonchev–Trinajstić information content (AvgIpc) is 2.51. The summed E-state index contributed by atoms with van der Waals surface area (Å²) in [5, 5.41) is 2.85. The minimum absolute atomic E-state index is 0.0102. The van der Waals surface area contributed by atoms with Gasteiger partial charge in [-0.1, -0.05) is 23.2 Å². The van der Waals surface area contributed by atoms with Crippen molar-refractivity contribution in [2.45, 2.75) is 6.42 Å². The quantitative estimate of drug-likeness (QED) is 0.803. The van der Waals surface area contributed by atoms with Crippen LogP contribution >= 0.6 is 23.2 Å². The zero-order chi connectivity index (χ0) is 10.1. The standard InChI is InChI=1S/C9H8Cl2N2O/c10-6-1-2-8(7(11)5-6)13-4-3-9(14)12-13/h1-2,5H,3-4H2,(H,12,14). The van der Waals surface area contributed by atoms with Crippen molar-refractivity contribution in [3.8, 4) is 0 Å². The van der Waals surface area contributed by atoms with E-state index < -0.39 is 0 Å². The molecule has 74 valence electrons. The lowest BCUT2D eigenvalue weighted by Gasteiger charge is -2.18. The molecule has 1 heterocycles. The average molecular weight is 231 g/mol. The highest BCUT2D eigenvalue weighted by Gasteiger charge is 2.20. The maximum Gasteiger partial charge on any atom is 0.240 e. The number of nitrogens with zero attached hydrogens (tertiary/aromatic N) is 1. The van der Waals surface area contributed by atoms with Crippen molar-refractivity contribution in [1.29, 1.82) is 0 Å². The fraction of sp³-hybridized carbons (Fsp3) is 0.222. The van der Waals surface area contributed by atoms with Gasteiger partial charge in [-0.05, 0) is 18.2 Å². The van der Waals surface area contributed by atoms with Gasteiger partial charge in [0.15, 0.2) is 0 Å². The highest BCUT2D eigenvalue weighted by molar-refractivity contribution is 6.36. The Labute approximate surface area is 91.6 Å². The summed E-state index contributed by atoms with van der Waals surface area (Å²) >= 11 is 11.7. The van der Waals surface area contributed by atoms with E-state index in [0.29, 0.717) is 23.0 Å². The van der Waals surface area contributed by atoms with E-state index in [9.17, 15) is 4.79 Å². The monoisotopic (exact) mass is 230 g/mol. The molecule has 5 heteroatoms. The van der Waals surface area contributed by atoms with Crippen LogP contribution in [0.15, 0.2) is 18.2 Å². The molecule has 14 heavy (non-hydrogen) atoms. The maximum absolute atomic E-state index is 11.0. The van der Waals surface area contributed by atoms with Crippen LogP contribution in [0.2, 0.25) is 10.0 Å². The molecular formula is C9H8Cl2N2O. The first-order chi connectivity index (χ1) is 6.66. The van der Waals surface area contributed by atoms with Crippen LogP contribution in [-0.2, 0) is 4.79 Å². The first-order valence-corrected chi connectivity index (χ1v) is 4.94. The molecule has 3 nitrogen and oxygen atoms in total. The summed E-state index contributed by atoms with van der Waals surface area (Å²) in [4.78, 5) is 11.0. The Bertz CT molecular complexity index is 381. The Hall–Kier alpha value is -0.930. The third-order valence-electron chi connectivity index (χ3n) is 2.02. The number of hydrazine groups is 1. The Kier molecular flexibility index (Phi) is 2.52. The van der Waals surface area contributed by atoms with Gasteiger partial charge in [0.2, 0.25) is 5.91 Å². The molecular weight excluding hydrogens is 223 g/mol. The van der Waals surface area contributed by atoms with Crippen LogP contribution in [0, 0.1) is 0 Å². The SMILES string of the molecule is O=C1CCN(c2ccc(Cl)cc2Cl)N1. The van der Waals surface area contributed by atoms with E-state index in [1.165, 1.54) is 0 Å². The van der Waals surface area contributed by atoms with Crippen LogP contribution in [0.3, 0.4) is 0 Å². The number of benzene rings is 1. The van der Waals surface area contributed by atoms with Crippen molar-refractivity contribution in [3.63, 3.8) is 0 Å². The Morgan fingerprint density at radius 3 is 2.71 bits per heavy atom. The highest BCUT2D eigenvalue weighted by atomic mass is 35.5. The van der Waals surface area contributed by atoms with Gasteiger partial charge in [0.25, 0.3) is 0 Å². The number of rotatable bonds is 1. The van der Waals surface area contributed by atoms with Gasteiger partial charge in [-0.3, -0.25) is 15.2 Å². The van der Waals surface area contributed by atoms with Gasteiger partial charge in [0, 0.05) is 18.0 Å². The molecule has 0 aliphatic carbocycles. The van der Waals surface area contributed by atoms with Crippen LogP contribution in [0.25, 0.3) is 0 Å². The number of hydrogen-bond acceptors (Lipinski definition) is 2. The van der Waals surface area contributed by atoms with Crippen LogP contribution in [0.5, 0.6) is 0 Å². The fourth-order valence-corrected chi connectivity index (χ4v) is 1.87. The van der Waals surface area contributed by atoms with E-state index in [2.05, 4.69) is 5.43 Å². The summed E-state index contributed by atoms with van der Waals surface area (Å²) < 4.78 is 0. The van der Waals surface area contributed by atoms with Gasteiger partial charge in [0.05, 0.1) is 10.7 Å². The lowest BCUT2D eigenvalue weighted by Crippen LogP contribution is -2.33. The molecule has 0 saturated carbocycles. The number of carbonyl (C=O) groups is 1. The molecule has 1 aromatic carbocycles. The molecule has 0 atom stereocenters. The van der Waals surface area contributed by atoms with E-state index in [1.807, 2.05) is 0 Å². The molecule has 0 unspecified atom stereocenters. The van der Waals surface area contributed by atoms with Crippen molar-refractivity contribution in [2.24, 2.45) is 0 Å². The summed E-state index contributed by atoms with van der Waals surface area (Å²) in [6, 6.07) is 5.19. The third kappa shape index (κ3) is 1.79. The van der Waals surface area contributed by atoms with E-state index in [1.54, 1.807) is 23.2 Å². The molecule has 0 aromatic heterocycles. The molecule has 1 aliphatic heterocycles. The normalized spacial score (nSPS) is 15.9. The summed E-state index contributed by atoms with van der Waals surface area (Å²) in [5.74, 6) is 0.0102. The van der Waals surface area contributed by atoms with E-state index in [4.69, 9.17) is 23.2 Å². The van der Waals surface area contributed by atoms with Gasteiger partial charge < -0.3 is 0 Å². The summed E-state index contributed by atoms with van der Waals surface area (Å²) in [6.45, 7) is 0.639. The first kappa shape index (κ1) is 9.62. The van der Waals surface area contributed by atoms with Crippen molar-refractivity contribution in [3.05, 3.63) is 28.2 Å². The fourth-order valence-electron chi connectivity index (χ4n) is 1.36. The first-order valence-electron chi connectivity index (χ1n) is 4.19. The Balaban J connectivity index is 2.28. The molecule has 0 bridgehead atoms. The molecule has 2 rings (SSSR count). The van der Waals surface area contributed by atoms with Gasteiger partial charge in [-0.25, -0.2) is 0 Å². The van der Waals surface area contributed by atoms with Crippen molar-refractivity contribution >= 4 is 34.8 Å². The molecule has 1 saturated heterocycles. The second-order valence-electron chi connectivity index (χ2n) is 3.03. The molecule has 1 aliphatic rings. The number of amides is 1. The molecule has 1 aromatic rings. The largest absolute Gasteiger partial charge is 0.284 e. The van der Waals surface area contributed by atoms with Crippen LogP contribution in [0.4, 0.5) is 5.69 Å². The van der Waals surface area contributed by atoms with Crippen molar-refractivity contribution in [2.75, 3.05) is 11.6 Å². The Morgan fingerprint density at radius 1 is 1.36 bits per heavy atom. The minimum Gasteiger partial charge on any atom is -0.284 e. The minimum atomic E-state index is 0.0102. The number of hydrogen-bond donors (Lipinski definition) is 1. The van der Waals surface area contributed by atoms with Crippen molar-refractivity contribution in [1.82, 2.24) is 5.43 Å². The van der Waals surface area contributed by atoms with Crippen LogP contribution in [0.1, 0.15) is 6.42 Å².